The van der Waals surface area contributed by atoms with Gasteiger partial charge in [0, 0.05) is 38.8 Å². The highest BCUT2D eigenvalue weighted by molar-refractivity contribution is 14.0. The van der Waals surface area contributed by atoms with Crippen LogP contribution in [0, 0.1) is 0 Å². The Bertz CT molecular complexity index is 710. The molecule has 1 amide bonds. The number of hydrogen-bond acceptors (Lipinski definition) is 4. The monoisotopic (exact) mass is 543 g/mol. The molecule has 1 atom stereocenters. The average Bonchev–Trinajstić information content (AvgIpc) is 3.55. The first-order valence-electron chi connectivity index (χ1n) is 11.1. The van der Waals surface area contributed by atoms with Gasteiger partial charge in [0.2, 0.25) is 0 Å². The topological polar surface area (TPSA) is 78.0 Å². The number of nitrogens with one attached hydrogen (secondary N) is 3. The predicted molar refractivity (Wildman–Crippen MR) is 136 cm³/mol. The van der Waals surface area contributed by atoms with Gasteiger partial charge in [0.25, 0.3) is 0 Å². The first-order chi connectivity index (χ1) is 14.3. The number of carbonyl (C=O) groups excluding carboxylic acids is 1. The maximum absolute atomic E-state index is 12.4. The minimum absolute atomic E-state index is 0. The Morgan fingerprint density at radius 2 is 1.81 bits per heavy atom. The molecule has 0 spiro atoms. The number of halogens is 1. The van der Waals surface area contributed by atoms with Crippen molar-refractivity contribution in [2.24, 2.45) is 4.99 Å². The van der Waals surface area contributed by atoms with E-state index < -0.39 is 11.7 Å². The number of rotatable bonds is 6. The second kappa shape index (κ2) is 11.9. The van der Waals surface area contributed by atoms with E-state index in [1.807, 2.05) is 51.1 Å². The largest absolute Gasteiger partial charge is 0.444 e. The van der Waals surface area contributed by atoms with Crippen molar-refractivity contribution in [3.63, 3.8) is 0 Å². The lowest BCUT2D eigenvalue weighted by Gasteiger charge is -2.33. The lowest BCUT2D eigenvalue weighted by Crippen LogP contribution is -2.50. The number of piperidine rings is 1. The number of nitrogens with zero attached hydrogens (tertiary/aromatic N) is 2. The van der Waals surface area contributed by atoms with Crippen molar-refractivity contribution in [2.45, 2.75) is 70.2 Å². The van der Waals surface area contributed by atoms with Gasteiger partial charge in [0.05, 0.1) is 6.04 Å². The van der Waals surface area contributed by atoms with Gasteiger partial charge in [-0.2, -0.15) is 0 Å². The summed E-state index contributed by atoms with van der Waals surface area (Å²) in [5.41, 5.74) is 0.482. The molecule has 31 heavy (non-hydrogen) atoms. The highest BCUT2D eigenvalue weighted by Crippen LogP contribution is 2.29. The third kappa shape index (κ3) is 8.84. The van der Waals surface area contributed by atoms with Crippen LogP contribution in [0.3, 0.4) is 0 Å². The molecule has 2 fully saturated rings. The van der Waals surface area contributed by atoms with Gasteiger partial charge in [-0.1, -0.05) is 30.3 Å². The molecule has 1 aromatic carbocycles. The van der Waals surface area contributed by atoms with Crippen molar-refractivity contribution < 1.29 is 9.53 Å². The molecule has 1 saturated carbocycles. The summed E-state index contributed by atoms with van der Waals surface area (Å²) >= 11 is 0. The molecular formula is C23H38IN5O2. The zero-order chi connectivity index (χ0) is 21.6. The van der Waals surface area contributed by atoms with E-state index in [4.69, 9.17) is 4.74 Å². The minimum atomic E-state index is -0.536. The van der Waals surface area contributed by atoms with E-state index in [-0.39, 0.29) is 30.0 Å². The second-order valence-electron chi connectivity index (χ2n) is 9.25. The van der Waals surface area contributed by atoms with Crippen molar-refractivity contribution >= 4 is 36.0 Å². The minimum Gasteiger partial charge on any atom is -0.444 e. The van der Waals surface area contributed by atoms with E-state index in [1.54, 1.807) is 7.05 Å². The summed E-state index contributed by atoms with van der Waals surface area (Å²) < 4.78 is 5.45. The number of benzene rings is 1. The van der Waals surface area contributed by atoms with Crippen molar-refractivity contribution in [3.05, 3.63) is 35.9 Å². The smallest absolute Gasteiger partial charge is 0.408 e. The van der Waals surface area contributed by atoms with Crippen LogP contribution >= 0.6 is 24.0 Å². The maximum atomic E-state index is 12.4. The standard InChI is InChI=1S/C23H37N5O2.HI/c1-23(2,3)30-22(29)27-20(17-8-6-5-7-9-17)16-25-21(24-4)26-18-12-14-28(15-13-18)19-10-11-19;/h5-9,18-20H,10-16H2,1-4H3,(H,27,29)(H2,24,25,26);1H. The van der Waals surface area contributed by atoms with Crippen LogP contribution in [0.1, 0.15) is 58.1 Å². The fraction of sp³-hybridized carbons (Fsp3) is 0.652. The summed E-state index contributed by atoms with van der Waals surface area (Å²) in [5, 5.41) is 9.92. The van der Waals surface area contributed by atoms with Crippen molar-refractivity contribution in [1.29, 1.82) is 0 Å². The number of hydrogen-bond donors (Lipinski definition) is 3. The number of guanidine groups is 1. The molecule has 0 aromatic heterocycles. The lowest BCUT2D eigenvalue weighted by atomic mass is 10.1. The Hall–Kier alpha value is -1.55. The normalized spacial score (nSPS) is 19.2. The molecule has 1 heterocycles. The molecule has 3 rings (SSSR count). The average molecular weight is 543 g/mol. The number of likely N-dealkylation sites (tertiary alicyclic amines) is 1. The van der Waals surface area contributed by atoms with Gasteiger partial charge < -0.3 is 25.6 Å². The van der Waals surface area contributed by atoms with E-state index in [2.05, 4.69) is 25.8 Å². The molecular weight excluding hydrogens is 505 g/mol. The van der Waals surface area contributed by atoms with Crippen LogP contribution in [0.5, 0.6) is 0 Å². The molecule has 174 valence electrons. The van der Waals surface area contributed by atoms with E-state index >= 15 is 0 Å². The van der Waals surface area contributed by atoms with Crippen LogP contribution in [-0.2, 0) is 4.74 Å². The van der Waals surface area contributed by atoms with E-state index in [9.17, 15) is 4.79 Å². The summed E-state index contributed by atoms with van der Waals surface area (Å²) in [4.78, 5) is 19.4. The quantitative estimate of drug-likeness (QED) is 0.290. The number of aliphatic imine (C=N–C) groups is 1. The summed E-state index contributed by atoms with van der Waals surface area (Å²) in [5.74, 6) is 0.770. The van der Waals surface area contributed by atoms with Crippen molar-refractivity contribution in [3.8, 4) is 0 Å². The van der Waals surface area contributed by atoms with E-state index in [0.717, 1.165) is 43.5 Å². The Balaban J connectivity index is 0.00000341. The summed E-state index contributed by atoms with van der Waals surface area (Å²) in [6.45, 7) is 8.43. The summed E-state index contributed by atoms with van der Waals surface area (Å²) in [6.07, 6.45) is 4.58. The molecule has 2 aliphatic rings. The van der Waals surface area contributed by atoms with Crippen LogP contribution in [0.25, 0.3) is 0 Å². The third-order valence-corrected chi connectivity index (χ3v) is 5.52. The number of alkyl carbamates (subject to hydrolysis) is 1. The SMILES string of the molecule is CN=C(NCC(NC(=O)OC(C)(C)C)c1ccccc1)NC1CCN(C2CC2)CC1.I. The van der Waals surface area contributed by atoms with Gasteiger partial charge >= 0.3 is 6.09 Å². The fourth-order valence-electron chi connectivity index (χ4n) is 3.82. The van der Waals surface area contributed by atoms with Crippen LogP contribution < -0.4 is 16.0 Å². The fourth-order valence-corrected chi connectivity index (χ4v) is 3.82. The molecule has 1 saturated heterocycles. The second-order valence-corrected chi connectivity index (χ2v) is 9.25. The van der Waals surface area contributed by atoms with Gasteiger partial charge in [0.1, 0.15) is 5.60 Å². The Morgan fingerprint density at radius 1 is 1.16 bits per heavy atom. The molecule has 1 aliphatic carbocycles. The van der Waals surface area contributed by atoms with Crippen molar-refractivity contribution in [1.82, 2.24) is 20.9 Å². The van der Waals surface area contributed by atoms with Gasteiger partial charge in [-0.15, -0.1) is 24.0 Å². The predicted octanol–water partition coefficient (Wildman–Crippen LogP) is 3.66. The Kier molecular flexibility index (Phi) is 9.87. The van der Waals surface area contributed by atoms with Gasteiger partial charge in [-0.3, -0.25) is 4.99 Å². The van der Waals surface area contributed by atoms with Crippen molar-refractivity contribution in [2.75, 3.05) is 26.7 Å². The van der Waals surface area contributed by atoms with Gasteiger partial charge in [0.15, 0.2) is 5.96 Å². The molecule has 1 unspecified atom stereocenters. The summed E-state index contributed by atoms with van der Waals surface area (Å²) in [6, 6.07) is 11.0. The Morgan fingerprint density at radius 3 is 2.35 bits per heavy atom. The lowest BCUT2D eigenvalue weighted by molar-refractivity contribution is 0.0504. The highest BCUT2D eigenvalue weighted by atomic mass is 127. The first kappa shape index (κ1) is 25.7. The molecule has 3 N–H and O–H groups in total. The highest BCUT2D eigenvalue weighted by Gasteiger charge is 2.32. The molecule has 1 aromatic rings. The molecule has 8 heteroatoms. The Labute approximate surface area is 203 Å². The van der Waals surface area contributed by atoms with Crippen LogP contribution in [0.4, 0.5) is 4.79 Å². The third-order valence-electron chi connectivity index (χ3n) is 5.52. The number of ether oxygens (including phenoxy) is 1. The van der Waals surface area contributed by atoms with Crippen LogP contribution in [0.15, 0.2) is 35.3 Å². The molecule has 0 bridgehead atoms. The molecule has 1 aliphatic heterocycles. The van der Waals surface area contributed by atoms with Crippen LogP contribution in [0.2, 0.25) is 0 Å². The maximum Gasteiger partial charge on any atom is 0.408 e. The zero-order valence-electron chi connectivity index (χ0n) is 19.2. The molecule has 0 radical (unpaired) electrons. The van der Waals surface area contributed by atoms with E-state index in [1.165, 1.54) is 12.8 Å². The number of carbonyl (C=O) groups is 1. The van der Waals surface area contributed by atoms with Gasteiger partial charge in [-0.05, 0) is 52.0 Å². The summed E-state index contributed by atoms with van der Waals surface area (Å²) in [7, 11) is 1.79. The van der Waals surface area contributed by atoms with Gasteiger partial charge in [-0.25, -0.2) is 4.79 Å². The molecule has 7 nitrogen and oxygen atoms in total. The zero-order valence-corrected chi connectivity index (χ0v) is 21.5. The first-order valence-corrected chi connectivity index (χ1v) is 11.1. The number of amides is 1. The van der Waals surface area contributed by atoms with Crippen LogP contribution in [-0.4, -0.2) is 61.3 Å². The van der Waals surface area contributed by atoms with E-state index in [0.29, 0.717) is 12.6 Å².